The number of ether oxygens (including phenoxy) is 1. The summed E-state index contributed by atoms with van der Waals surface area (Å²) < 4.78 is 35.1. The average molecular weight is 672 g/mol. The minimum absolute atomic E-state index is 0.185. The topological polar surface area (TPSA) is 79.0 Å². The van der Waals surface area contributed by atoms with Crippen LogP contribution < -0.4 is 15.0 Å². The minimum Gasteiger partial charge on any atom is -0.482 e. The van der Waals surface area contributed by atoms with Crippen LogP contribution in [0.15, 0.2) is 68.4 Å². The Morgan fingerprint density at radius 3 is 2.35 bits per heavy atom. The largest absolute Gasteiger partial charge is 0.482 e. The van der Waals surface area contributed by atoms with E-state index in [2.05, 4.69) is 37.2 Å². The number of sulfonamides is 1. The third kappa shape index (κ3) is 6.49. The molecule has 0 atom stereocenters. The van der Waals surface area contributed by atoms with Gasteiger partial charge in [0.05, 0.1) is 25.8 Å². The smallest absolute Gasteiger partial charge is 0.262 e. The van der Waals surface area contributed by atoms with Crippen LogP contribution in [0.5, 0.6) is 5.75 Å². The quantitative estimate of drug-likeness (QED) is 0.333. The highest BCUT2D eigenvalue weighted by Crippen LogP contribution is 2.36. The van der Waals surface area contributed by atoms with Crippen molar-refractivity contribution in [3.8, 4) is 5.75 Å². The van der Waals surface area contributed by atoms with Crippen molar-refractivity contribution in [3.63, 3.8) is 0 Å². The van der Waals surface area contributed by atoms with E-state index in [9.17, 15) is 13.2 Å². The molecule has 1 N–H and O–H groups in total. The zero-order valence-electron chi connectivity index (χ0n) is 20.3. The molecule has 4 rings (SSSR count). The summed E-state index contributed by atoms with van der Waals surface area (Å²) in [4.78, 5) is 15.1. The normalized spacial score (nSPS) is 14.5. The van der Waals surface area contributed by atoms with Crippen molar-refractivity contribution < 1.29 is 17.9 Å². The Labute approximate surface area is 239 Å². The molecule has 0 bridgehead atoms. The summed E-state index contributed by atoms with van der Waals surface area (Å²) in [6.07, 6.45) is 0. The molecule has 0 aromatic heterocycles. The lowest BCUT2D eigenvalue weighted by Gasteiger charge is -2.36. The van der Waals surface area contributed by atoms with Crippen LogP contribution >= 0.6 is 43.5 Å². The Kier molecular flexibility index (Phi) is 8.85. The lowest BCUT2D eigenvalue weighted by atomic mass is 10.2. The summed E-state index contributed by atoms with van der Waals surface area (Å²) >= 11 is 13.4. The fraction of sp³-hybridized carbons (Fsp3) is 0.269. The van der Waals surface area contributed by atoms with Gasteiger partial charge in [0.15, 0.2) is 6.61 Å². The Morgan fingerprint density at radius 2 is 1.70 bits per heavy atom. The number of carbonyl (C=O) groups excluding carboxylic acids is 1. The first kappa shape index (κ1) is 27.9. The lowest BCUT2D eigenvalue weighted by Crippen LogP contribution is -2.49. The average Bonchev–Trinajstić information content (AvgIpc) is 2.84. The van der Waals surface area contributed by atoms with E-state index in [1.54, 1.807) is 42.5 Å². The van der Waals surface area contributed by atoms with Crippen LogP contribution in [0.4, 0.5) is 11.4 Å². The number of carbonyl (C=O) groups is 1. The summed E-state index contributed by atoms with van der Waals surface area (Å²) in [7, 11) is -3.59. The Hall–Kier alpha value is -2.11. The number of nitrogens with one attached hydrogen (secondary N) is 1. The second-order valence-electron chi connectivity index (χ2n) is 8.71. The van der Waals surface area contributed by atoms with Gasteiger partial charge in [-0.05, 0) is 71.7 Å². The van der Waals surface area contributed by atoms with Crippen molar-refractivity contribution in [1.29, 1.82) is 0 Å². The number of hydrogen-bond acceptors (Lipinski definition) is 5. The molecule has 0 unspecified atom stereocenters. The molecule has 0 radical (unpaired) electrons. The number of amides is 1. The van der Waals surface area contributed by atoms with E-state index >= 15 is 0 Å². The molecule has 1 heterocycles. The van der Waals surface area contributed by atoms with E-state index in [4.69, 9.17) is 16.3 Å². The van der Waals surface area contributed by atoms with Crippen LogP contribution in [0.3, 0.4) is 0 Å². The van der Waals surface area contributed by atoms with Crippen molar-refractivity contribution >= 4 is 70.8 Å². The SMILES string of the molecule is Cc1ccc(S(=O)(=O)N2CCN(c3c(Cl)cccc3NC(=O)COc3c(C)cc(Br)cc3Br)CC2)cc1. The minimum atomic E-state index is -3.59. The first-order chi connectivity index (χ1) is 17.6. The van der Waals surface area contributed by atoms with Crippen LogP contribution in [-0.4, -0.2) is 51.4 Å². The van der Waals surface area contributed by atoms with E-state index < -0.39 is 10.0 Å². The number of para-hydroxylation sites is 1. The Morgan fingerprint density at radius 1 is 1.03 bits per heavy atom. The van der Waals surface area contributed by atoms with Crippen molar-refractivity contribution in [1.82, 2.24) is 4.31 Å². The molecule has 0 aliphatic carbocycles. The number of piperazine rings is 1. The molecule has 7 nitrogen and oxygen atoms in total. The van der Waals surface area contributed by atoms with Crippen molar-refractivity contribution in [3.05, 3.63) is 79.7 Å². The lowest BCUT2D eigenvalue weighted by molar-refractivity contribution is -0.118. The summed E-state index contributed by atoms with van der Waals surface area (Å²) in [5.74, 6) is 0.258. The monoisotopic (exact) mass is 669 g/mol. The third-order valence-corrected chi connectivity index (χ3v) is 9.28. The van der Waals surface area contributed by atoms with Gasteiger partial charge in [0.25, 0.3) is 5.91 Å². The predicted octanol–water partition coefficient (Wildman–Crippen LogP) is 6.01. The van der Waals surface area contributed by atoms with Gasteiger partial charge in [-0.15, -0.1) is 0 Å². The molecule has 37 heavy (non-hydrogen) atoms. The summed E-state index contributed by atoms with van der Waals surface area (Å²) in [5.41, 5.74) is 3.09. The molecule has 196 valence electrons. The van der Waals surface area contributed by atoms with Crippen LogP contribution in [0.1, 0.15) is 11.1 Å². The number of rotatable bonds is 7. The van der Waals surface area contributed by atoms with Crippen LogP contribution in [-0.2, 0) is 14.8 Å². The molecule has 0 spiro atoms. The molecule has 1 aliphatic rings. The fourth-order valence-electron chi connectivity index (χ4n) is 4.14. The van der Waals surface area contributed by atoms with Crippen molar-refractivity contribution in [2.24, 2.45) is 0 Å². The van der Waals surface area contributed by atoms with Crippen LogP contribution in [0.2, 0.25) is 5.02 Å². The second kappa shape index (κ2) is 11.7. The number of anilines is 2. The van der Waals surface area contributed by atoms with Gasteiger partial charge in [-0.25, -0.2) is 8.42 Å². The molecular weight excluding hydrogens is 646 g/mol. The highest BCUT2D eigenvalue weighted by atomic mass is 79.9. The Bertz CT molecular complexity index is 1390. The molecule has 11 heteroatoms. The molecule has 3 aromatic carbocycles. The summed E-state index contributed by atoms with van der Waals surface area (Å²) in [6, 6.07) is 15.9. The van der Waals surface area contributed by atoms with Crippen LogP contribution in [0, 0.1) is 13.8 Å². The van der Waals surface area contributed by atoms with Crippen molar-refractivity contribution in [2.45, 2.75) is 18.7 Å². The van der Waals surface area contributed by atoms with Gasteiger partial charge in [0.1, 0.15) is 5.75 Å². The summed E-state index contributed by atoms with van der Waals surface area (Å²) in [5, 5.41) is 3.37. The fourth-order valence-corrected chi connectivity index (χ4v) is 7.41. The number of halogens is 3. The maximum atomic E-state index is 13.1. The number of benzene rings is 3. The van der Waals surface area contributed by atoms with E-state index in [1.165, 1.54) is 4.31 Å². The highest BCUT2D eigenvalue weighted by Gasteiger charge is 2.30. The van der Waals surface area contributed by atoms with Gasteiger partial charge in [0.2, 0.25) is 10.0 Å². The van der Waals surface area contributed by atoms with E-state index in [1.807, 2.05) is 30.9 Å². The van der Waals surface area contributed by atoms with Gasteiger partial charge < -0.3 is 15.0 Å². The van der Waals surface area contributed by atoms with Gasteiger partial charge in [-0.3, -0.25) is 4.79 Å². The molecule has 1 aliphatic heterocycles. The Balaban J connectivity index is 1.44. The number of hydrogen-bond donors (Lipinski definition) is 1. The van der Waals surface area contributed by atoms with Gasteiger partial charge in [-0.2, -0.15) is 4.31 Å². The molecular formula is C26H26Br2ClN3O4S. The van der Waals surface area contributed by atoms with E-state index in [-0.39, 0.29) is 17.4 Å². The number of aryl methyl sites for hydroxylation is 2. The zero-order valence-corrected chi connectivity index (χ0v) is 25.0. The second-order valence-corrected chi connectivity index (χ2v) is 12.8. The van der Waals surface area contributed by atoms with Gasteiger partial charge in [0, 0.05) is 30.7 Å². The predicted molar refractivity (Wildman–Crippen MR) is 154 cm³/mol. The summed E-state index contributed by atoms with van der Waals surface area (Å²) in [6.45, 7) is 5.09. The van der Waals surface area contributed by atoms with Crippen molar-refractivity contribution in [2.75, 3.05) is 43.0 Å². The molecule has 1 fully saturated rings. The maximum Gasteiger partial charge on any atom is 0.262 e. The van der Waals surface area contributed by atoms with Gasteiger partial charge >= 0.3 is 0 Å². The maximum absolute atomic E-state index is 13.1. The first-order valence-electron chi connectivity index (χ1n) is 11.5. The molecule has 1 saturated heterocycles. The number of nitrogens with zero attached hydrogens (tertiary/aromatic N) is 2. The third-order valence-electron chi connectivity index (χ3n) is 6.02. The highest BCUT2D eigenvalue weighted by molar-refractivity contribution is 9.11. The standard InChI is InChI=1S/C26H26Br2ClN3O4S/c1-17-6-8-20(9-7-17)37(34,35)32-12-10-31(11-13-32)25-22(29)4-3-5-23(25)30-24(33)16-36-26-18(2)14-19(27)15-21(26)28/h3-9,14-15H,10-13,16H2,1-2H3,(H,30,33). The van der Waals surface area contributed by atoms with E-state index in [0.717, 1.165) is 20.1 Å². The molecule has 1 amide bonds. The molecule has 3 aromatic rings. The zero-order chi connectivity index (χ0) is 26.7. The van der Waals surface area contributed by atoms with Crippen LogP contribution in [0.25, 0.3) is 0 Å². The molecule has 0 saturated carbocycles. The van der Waals surface area contributed by atoms with E-state index in [0.29, 0.717) is 48.3 Å². The first-order valence-corrected chi connectivity index (χ1v) is 15.0. The van der Waals surface area contributed by atoms with Gasteiger partial charge in [-0.1, -0.05) is 51.3 Å².